The molecule has 0 aliphatic carbocycles. The van der Waals surface area contributed by atoms with E-state index in [9.17, 15) is 22.0 Å². The van der Waals surface area contributed by atoms with Crippen LogP contribution in [0.4, 0.5) is 26.3 Å². The van der Waals surface area contributed by atoms with Crippen LogP contribution in [0.5, 0.6) is 5.75 Å². The van der Waals surface area contributed by atoms with E-state index in [2.05, 4.69) is 0 Å². The number of ether oxygens (including phenoxy) is 1. The fraction of sp³-hybridized carbons (Fsp3) is 0.214. The number of benzene rings is 4. The van der Waals surface area contributed by atoms with Crippen LogP contribution in [0.15, 0.2) is 48.5 Å². The van der Waals surface area contributed by atoms with Crippen molar-refractivity contribution in [1.29, 1.82) is 0 Å². The predicted octanol–water partition coefficient (Wildman–Crippen LogP) is 8.68. The van der Waals surface area contributed by atoms with Gasteiger partial charge in [0, 0.05) is 17.0 Å². The minimum absolute atomic E-state index is 0.0239. The van der Waals surface area contributed by atoms with Gasteiger partial charge in [0.1, 0.15) is 22.9 Å². The molecule has 4 aromatic rings. The van der Waals surface area contributed by atoms with E-state index in [1.54, 1.807) is 6.92 Å². The second-order valence-electron chi connectivity index (χ2n) is 8.60. The zero-order chi connectivity index (χ0) is 25.7. The largest absolute Gasteiger partial charge is 0.429 e. The molecule has 0 radical (unpaired) electrons. The first-order valence-corrected chi connectivity index (χ1v) is 11.0. The van der Waals surface area contributed by atoms with Gasteiger partial charge in [-0.25, -0.2) is 17.6 Å². The summed E-state index contributed by atoms with van der Waals surface area (Å²) in [5.41, 5.74) is 0.511. The highest BCUT2D eigenvalue weighted by atomic mass is 19.3. The van der Waals surface area contributed by atoms with Crippen molar-refractivity contribution >= 4 is 10.8 Å². The van der Waals surface area contributed by atoms with Crippen molar-refractivity contribution in [3.8, 4) is 16.9 Å². The van der Waals surface area contributed by atoms with E-state index >= 15 is 4.39 Å². The summed E-state index contributed by atoms with van der Waals surface area (Å²) in [6.07, 6.45) is -3.56. The lowest BCUT2D eigenvalue weighted by molar-refractivity contribution is -0.188. The van der Waals surface area contributed by atoms with Crippen LogP contribution in [0.25, 0.3) is 21.9 Å². The molecule has 0 fully saturated rings. The Morgan fingerprint density at radius 1 is 0.743 bits per heavy atom. The van der Waals surface area contributed by atoms with E-state index in [1.165, 1.54) is 57.2 Å². The van der Waals surface area contributed by atoms with Crippen LogP contribution >= 0.6 is 0 Å². The van der Waals surface area contributed by atoms with Gasteiger partial charge in [-0.05, 0) is 84.7 Å². The summed E-state index contributed by atoms with van der Waals surface area (Å²) in [4.78, 5) is 0. The standard InChI is InChI=1S/C28H22F6O/c1-5-17-8-15(3)25(23(30)11-17)28(33,34)35-20-10-14(2)24(22(29)13-20)18-6-7-21-19(12-18)9-16(4)26(31)27(21)32/h6-13H,5H2,1-4H3. The Morgan fingerprint density at radius 2 is 1.46 bits per heavy atom. The van der Waals surface area contributed by atoms with E-state index in [0.717, 1.165) is 12.1 Å². The Kier molecular flexibility index (Phi) is 6.30. The molecule has 0 heterocycles. The Hall–Kier alpha value is -3.48. The predicted molar refractivity (Wildman–Crippen MR) is 124 cm³/mol. The second kappa shape index (κ2) is 8.95. The van der Waals surface area contributed by atoms with Crippen LogP contribution < -0.4 is 4.74 Å². The van der Waals surface area contributed by atoms with Crippen molar-refractivity contribution in [2.24, 2.45) is 0 Å². The van der Waals surface area contributed by atoms with Gasteiger partial charge in [-0.1, -0.05) is 25.1 Å². The maximum Gasteiger partial charge on any atom is 0.429 e. The van der Waals surface area contributed by atoms with Crippen LogP contribution in [-0.4, -0.2) is 0 Å². The van der Waals surface area contributed by atoms with Gasteiger partial charge >= 0.3 is 6.11 Å². The maximum atomic E-state index is 15.1. The summed E-state index contributed by atoms with van der Waals surface area (Å²) in [7, 11) is 0. The molecule has 0 aromatic heterocycles. The SMILES string of the molecule is CCc1cc(C)c(C(F)(F)Oc2cc(C)c(-c3ccc4c(F)c(F)c(C)cc4c3)c(F)c2)c(F)c1. The highest BCUT2D eigenvalue weighted by molar-refractivity contribution is 5.89. The molecule has 0 spiro atoms. The average Bonchev–Trinajstić information content (AvgIpc) is 2.75. The van der Waals surface area contributed by atoms with Crippen molar-refractivity contribution in [2.45, 2.75) is 40.2 Å². The topological polar surface area (TPSA) is 9.23 Å². The first-order chi connectivity index (χ1) is 16.4. The molecule has 4 rings (SSSR count). The number of alkyl halides is 2. The monoisotopic (exact) mass is 488 g/mol. The Bertz CT molecular complexity index is 1410. The van der Waals surface area contributed by atoms with E-state index < -0.39 is 40.7 Å². The van der Waals surface area contributed by atoms with E-state index in [4.69, 9.17) is 4.74 Å². The van der Waals surface area contributed by atoms with Crippen LogP contribution in [0.2, 0.25) is 0 Å². The smallest absolute Gasteiger partial charge is 0.429 e. The molecule has 35 heavy (non-hydrogen) atoms. The maximum absolute atomic E-state index is 15.1. The van der Waals surface area contributed by atoms with Crippen molar-refractivity contribution < 1.29 is 31.1 Å². The second-order valence-corrected chi connectivity index (χ2v) is 8.60. The van der Waals surface area contributed by atoms with Crippen LogP contribution in [-0.2, 0) is 12.5 Å². The van der Waals surface area contributed by atoms with Gasteiger partial charge in [0.2, 0.25) is 0 Å². The lowest BCUT2D eigenvalue weighted by Gasteiger charge is -2.22. The van der Waals surface area contributed by atoms with E-state index in [1.807, 2.05) is 0 Å². The molecule has 0 atom stereocenters. The van der Waals surface area contributed by atoms with Crippen molar-refractivity contribution in [3.63, 3.8) is 0 Å². The normalized spacial score (nSPS) is 11.8. The molecule has 0 bridgehead atoms. The minimum Gasteiger partial charge on any atom is -0.429 e. The third-order valence-electron chi connectivity index (χ3n) is 6.04. The molecule has 1 nitrogen and oxygen atoms in total. The quantitative estimate of drug-likeness (QED) is 0.255. The molecule has 0 amide bonds. The molecule has 0 saturated carbocycles. The van der Waals surface area contributed by atoms with Crippen molar-refractivity contribution in [2.75, 3.05) is 0 Å². The Morgan fingerprint density at radius 3 is 2.09 bits per heavy atom. The molecule has 4 aromatic carbocycles. The molecule has 0 N–H and O–H groups in total. The van der Waals surface area contributed by atoms with Crippen molar-refractivity contribution in [3.05, 3.63) is 99.6 Å². The summed E-state index contributed by atoms with van der Waals surface area (Å²) in [6, 6.07) is 10.2. The third-order valence-corrected chi connectivity index (χ3v) is 6.04. The summed E-state index contributed by atoms with van der Waals surface area (Å²) < 4.78 is 92.3. The van der Waals surface area contributed by atoms with Gasteiger partial charge in [-0.3, -0.25) is 0 Å². The summed E-state index contributed by atoms with van der Waals surface area (Å²) in [5.74, 6) is -4.38. The number of hydrogen-bond acceptors (Lipinski definition) is 1. The Labute approximate surface area is 199 Å². The fourth-order valence-corrected chi connectivity index (χ4v) is 4.35. The average molecular weight is 488 g/mol. The highest BCUT2D eigenvalue weighted by Gasteiger charge is 2.39. The first-order valence-electron chi connectivity index (χ1n) is 11.0. The fourth-order valence-electron chi connectivity index (χ4n) is 4.35. The molecule has 182 valence electrons. The number of rotatable bonds is 5. The van der Waals surface area contributed by atoms with Crippen molar-refractivity contribution in [1.82, 2.24) is 0 Å². The molecule has 0 unspecified atom stereocenters. The molecule has 0 aliphatic heterocycles. The van der Waals surface area contributed by atoms with Gasteiger partial charge in [0.25, 0.3) is 0 Å². The van der Waals surface area contributed by atoms with Gasteiger partial charge in [0.05, 0.1) is 0 Å². The lowest BCUT2D eigenvalue weighted by Crippen LogP contribution is -2.25. The summed E-state index contributed by atoms with van der Waals surface area (Å²) >= 11 is 0. The van der Waals surface area contributed by atoms with Gasteiger partial charge in [0.15, 0.2) is 11.6 Å². The van der Waals surface area contributed by atoms with Gasteiger partial charge in [-0.2, -0.15) is 8.78 Å². The molecular formula is C28H22F6O. The molecular weight excluding hydrogens is 466 g/mol. The number of aryl methyl sites for hydroxylation is 4. The number of hydrogen-bond donors (Lipinski definition) is 0. The molecule has 0 aliphatic rings. The minimum atomic E-state index is -4.04. The molecule has 7 heteroatoms. The van der Waals surface area contributed by atoms with E-state index in [-0.39, 0.29) is 27.6 Å². The first kappa shape index (κ1) is 24.6. The third kappa shape index (κ3) is 4.47. The van der Waals surface area contributed by atoms with Gasteiger partial charge < -0.3 is 4.74 Å². The van der Waals surface area contributed by atoms with E-state index in [0.29, 0.717) is 22.9 Å². The zero-order valence-electron chi connectivity index (χ0n) is 19.5. The highest BCUT2D eigenvalue weighted by Crippen LogP contribution is 2.39. The lowest BCUT2D eigenvalue weighted by atomic mass is 9.96. The van der Waals surface area contributed by atoms with Gasteiger partial charge in [-0.15, -0.1) is 0 Å². The number of halogens is 6. The molecule has 0 saturated heterocycles. The summed E-state index contributed by atoms with van der Waals surface area (Å²) in [6.45, 7) is 6.07. The number of fused-ring (bicyclic) bond motifs is 1. The van der Waals surface area contributed by atoms with Crippen LogP contribution in [0.3, 0.4) is 0 Å². The van der Waals surface area contributed by atoms with Crippen LogP contribution in [0, 0.1) is 44.0 Å². The summed E-state index contributed by atoms with van der Waals surface area (Å²) in [5, 5.41) is 0.409. The Balaban J connectivity index is 1.73. The zero-order valence-corrected chi connectivity index (χ0v) is 19.5. The van der Waals surface area contributed by atoms with Crippen LogP contribution in [0.1, 0.15) is 34.7 Å².